The van der Waals surface area contributed by atoms with E-state index in [4.69, 9.17) is 0 Å². The summed E-state index contributed by atoms with van der Waals surface area (Å²) in [6.45, 7) is 14.9. The second-order valence-electron chi connectivity index (χ2n) is 7.65. The van der Waals surface area contributed by atoms with E-state index in [-0.39, 0.29) is 0 Å². The third kappa shape index (κ3) is 5.82. The zero-order valence-electron chi connectivity index (χ0n) is 18.4. The van der Waals surface area contributed by atoms with E-state index in [0.29, 0.717) is 0 Å². The van der Waals surface area contributed by atoms with Crippen molar-refractivity contribution in [1.82, 2.24) is 0 Å². The Labute approximate surface area is 172 Å². The molecule has 2 nitrogen and oxygen atoms in total. The Morgan fingerprint density at radius 2 is 1.71 bits per heavy atom. The number of hydrogen-bond donors (Lipinski definition) is 0. The van der Waals surface area contributed by atoms with Crippen molar-refractivity contribution < 1.29 is 0 Å². The van der Waals surface area contributed by atoms with Crippen LogP contribution in [0.15, 0.2) is 54.0 Å². The van der Waals surface area contributed by atoms with Gasteiger partial charge in [-0.15, -0.1) is 0 Å². The molecule has 28 heavy (non-hydrogen) atoms. The molecular formula is C26H36N2. The lowest BCUT2D eigenvalue weighted by Crippen LogP contribution is -2.29. The molecule has 0 aromatic heterocycles. The van der Waals surface area contributed by atoms with Gasteiger partial charge in [-0.2, -0.15) is 0 Å². The van der Waals surface area contributed by atoms with Crippen LogP contribution in [0, 0.1) is 6.92 Å². The van der Waals surface area contributed by atoms with Crippen molar-refractivity contribution in [2.75, 3.05) is 25.0 Å². The molecule has 2 aromatic carbocycles. The van der Waals surface area contributed by atoms with Crippen molar-refractivity contribution in [3.63, 3.8) is 0 Å². The fourth-order valence-corrected chi connectivity index (χ4v) is 3.71. The van der Waals surface area contributed by atoms with Gasteiger partial charge in [0.2, 0.25) is 0 Å². The van der Waals surface area contributed by atoms with Gasteiger partial charge in [0.25, 0.3) is 0 Å². The molecule has 0 N–H and O–H groups in total. The molecule has 1 heterocycles. The zero-order chi connectivity index (χ0) is 20.5. The lowest BCUT2D eigenvalue weighted by molar-refractivity contribution is 0.577. The Hall–Kier alpha value is -2.35. The van der Waals surface area contributed by atoms with Crippen LogP contribution in [0.2, 0.25) is 0 Å². The topological polar surface area (TPSA) is 15.6 Å². The first-order chi connectivity index (χ1) is 13.5. The Morgan fingerprint density at radius 3 is 2.29 bits per heavy atom. The van der Waals surface area contributed by atoms with E-state index < -0.39 is 0 Å². The van der Waals surface area contributed by atoms with Gasteiger partial charge >= 0.3 is 0 Å². The Bertz CT molecular complexity index is 811. The number of rotatable bonds is 4. The van der Waals surface area contributed by atoms with Crippen molar-refractivity contribution in [3.8, 4) is 0 Å². The van der Waals surface area contributed by atoms with E-state index in [2.05, 4.69) is 86.6 Å². The molecule has 2 heteroatoms. The van der Waals surface area contributed by atoms with Crippen LogP contribution >= 0.6 is 0 Å². The van der Waals surface area contributed by atoms with E-state index in [1.807, 2.05) is 7.05 Å². The van der Waals surface area contributed by atoms with Crippen molar-refractivity contribution in [2.24, 2.45) is 4.99 Å². The van der Waals surface area contributed by atoms with Crippen LogP contribution in [-0.4, -0.2) is 25.8 Å². The molecule has 150 valence electrons. The van der Waals surface area contributed by atoms with Crippen LogP contribution < -0.4 is 4.90 Å². The lowest BCUT2D eigenvalue weighted by atomic mass is 10.0. The molecule has 2 aromatic rings. The van der Waals surface area contributed by atoms with Crippen molar-refractivity contribution in [1.29, 1.82) is 0 Å². The first kappa shape index (κ1) is 21.9. The number of benzene rings is 2. The normalized spacial score (nSPS) is 14.3. The SMILES string of the molecule is C=C(C)c1ccc(N2CCCCC2)c(C)c1.CCc1ccccc1C(C)=NC. The molecule has 0 atom stereocenters. The fourth-order valence-electron chi connectivity index (χ4n) is 3.71. The summed E-state index contributed by atoms with van der Waals surface area (Å²) in [6, 6.07) is 15.1. The van der Waals surface area contributed by atoms with Crippen molar-refractivity contribution in [3.05, 3.63) is 71.3 Å². The predicted molar refractivity (Wildman–Crippen MR) is 126 cm³/mol. The minimum atomic E-state index is 1.07. The quantitative estimate of drug-likeness (QED) is 0.542. The van der Waals surface area contributed by atoms with Crippen LogP contribution in [0.4, 0.5) is 5.69 Å². The predicted octanol–water partition coefficient (Wildman–Crippen LogP) is 6.71. The van der Waals surface area contributed by atoms with Gasteiger partial charge in [0, 0.05) is 31.5 Å². The Kier molecular flexibility index (Phi) is 8.50. The molecule has 1 aliphatic rings. The van der Waals surface area contributed by atoms with Crippen LogP contribution in [0.3, 0.4) is 0 Å². The van der Waals surface area contributed by atoms with Gasteiger partial charge in [-0.05, 0) is 80.8 Å². The largest absolute Gasteiger partial charge is 0.371 e. The number of nitrogens with zero attached hydrogens (tertiary/aromatic N) is 2. The summed E-state index contributed by atoms with van der Waals surface area (Å²) >= 11 is 0. The summed E-state index contributed by atoms with van der Waals surface area (Å²) < 4.78 is 0. The average molecular weight is 377 g/mol. The smallest absolute Gasteiger partial charge is 0.0396 e. The standard InChI is InChI=1S/C15H21N.C11H15N/c1-12(2)14-7-8-15(13(3)11-14)16-9-5-4-6-10-16;1-4-10-7-5-6-8-11(10)9(2)12-3/h7-8,11H,1,4-6,9-10H2,2-3H3;5-8H,4H2,1-3H3. The van der Waals surface area contributed by atoms with Crippen molar-refractivity contribution in [2.45, 2.75) is 53.4 Å². The van der Waals surface area contributed by atoms with E-state index >= 15 is 0 Å². The highest BCUT2D eigenvalue weighted by atomic mass is 15.1. The monoisotopic (exact) mass is 376 g/mol. The molecule has 1 saturated heterocycles. The number of allylic oxidation sites excluding steroid dienone is 1. The maximum Gasteiger partial charge on any atom is 0.0396 e. The number of aliphatic imine (C=N–C) groups is 1. The van der Waals surface area contributed by atoms with Gasteiger partial charge in [-0.3, -0.25) is 4.99 Å². The number of piperidine rings is 1. The number of hydrogen-bond acceptors (Lipinski definition) is 2. The van der Waals surface area contributed by atoms with Gasteiger partial charge in [0.15, 0.2) is 0 Å². The third-order valence-electron chi connectivity index (χ3n) is 5.51. The van der Waals surface area contributed by atoms with Gasteiger partial charge in [0.1, 0.15) is 0 Å². The summed E-state index contributed by atoms with van der Waals surface area (Å²) in [4.78, 5) is 6.70. The molecule has 1 aliphatic heterocycles. The number of aryl methyl sites for hydroxylation is 2. The van der Waals surface area contributed by atoms with Gasteiger partial charge in [-0.25, -0.2) is 0 Å². The van der Waals surface area contributed by atoms with E-state index in [0.717, 1.165) is 17.7 Å². The Morgan fingerprint density at radius 1 is 1.04 bits per heavy atom. The second kappa shape index (κ2) is 10.8. The fraction of sp³-hybridized carbons (Fsp3) is 0.423. The molecule has 0 amide bonds. The number of anilines is 1. The first-order valence-corrected chi connectivity index (χ1v) is 10.5. The molecule has 0 radical (unpaired) electrons. The highest BCUT2D eigenvalue weighted by molar-refractivity contribution is 5.99. The lowest BCUT2D eigenvalue weighted by Gasteiger charge is -2.30. The highest BCUT2D eigenvalue weighted by Gasteiger charge is 2.12. The molecule has 3 rings (SSSR count). The van der Waals surface area contributed by atoms with Crippen molar-refractivity contribution >= 4 is 17.0 Å². The summed E-state index contributed by atoms with van der Waals surface area (Å²) in [5, 5.41) is 0. The van der Waals surface area contributed by atoms with E-state index in [1.165, 1.54) is 60.3 Å². The summed E-state index contributed by atoms with van der Waals surface area (Å²) in [7, 11) is 1.84. The van der Waals surface area contributed by atoms with Gasteiger partial charge < -0.3 is 4.90 Å². The summed E-state index contributed by atoms with van der Waals surface area (Å²) in [6.07, 6.45) is 5.13. The van der Waals surface area contributed by atoms with Crippen LogP contribution in [0.1, 0.15) is 62.3 Å². The van der Waals surface area contributed by atoms with E-state index in [9.17, 15) is 0 Å². The minimum absolute atomic E-state index is 1.07. The molecule has 0 bridgehead atoms. The third-order valence-corrected chi connectivity index (χ3v) is 5.51. The molecule has 0 aliphatic carbocycles. The minimum Gasteiger partial charge on any atom is -0.371 e. The van der Waals surface area contributed by atoms with Crippen LogP contribution in [0.25, 0.3) is 5.57 Å². The summed E-state index contributed by atoms with van der Waals surface area (Å²) in [5.41, 5.74) is 8.97. The van der Waals surface area contributed by atoms with Gasteiger partial charge in [0.05, 0.1) is 0 Å². The van der Waals surface area contributed by atoms with Gasteiger partial charge in [-0.1, -0.05) is 49.4 Å². The molecule has 0 saturated carbocycles. The van der Waals surface area contributed by atoms with Crippen LogP contribution in [-0.2, 0) is 6.42 Å². The highest BCUT2D eigenvalue weighted by Crippen LogP contribution is 2.26. The average Bonchev–Trinajstić information content (AvgIpc) is 2.74. The van der Waals surface area contributed by atoms with Crippen LogP contribution in [0.5, 0.6) is 0 Å². The first-order valence-electron chi connectivity index (χ1n) is 10.5. The molecule has 0 spiro atoms. The maximum absolute atomic E-state index is 4.18. The molecule has 1 fully saturated rings. The molecular weight excluding hydrogens is 340 g/mol. The van der Waals surface area contributed by atoms with E-state index in [1.54, 1.807) is 0 Å². The Balaban J connectivity index is 0.000000209. The maximum atomic E-state index is 4.18. The summed E-state index contributed by atoms with van der Waals surface area (Å²) in [5.74, 6) is 0. The zero-order valence-corrected chi connectivity index (χ0v) is 18.4. The molecule has 0 unspecified atom stereocenters. The second-order valence-corrected chi connectivity index (χ2v) is 7.65.